The highest BCUT2D eigenvalue weighted by Crippen LogP contribution is 2.36. The zero-order valence-electron chi connectivity index (χ0n) is 10.2. The molecule has 88 valence electrons. The Kier molecular flexibility index (Phi) is 3.36. The second-order valence-electron chi connectivity index (χ2n) is 3.93. The standard InChI is InChI=1S/C12H13N3S2/c1-6(5-13)16-11-10-7(2)8(3)17-12(10)15-9(4)14-11/h6H,1-4H3. The summed E-state index contributed by atoms with van der Waals surface area (Å²) < 4.78 is 0. The molecule has 0 aromatic carbocycles. The quantitative estimate of drug-likeness (QED) is 0.613. The van der Waals surface area contributed by atoms with E-state index in [-0.39, 0.29) is 5.25 Å². The number of hydrogen-bond donors (Lipinski definition) is 0. The van der Waals surface area contributed by atoms with Crippen LogP contribution in [0.25, 0.3) is 10.2 Å². The van der Waals surface area contributed by atoms with Crippen molar-refractivity contribution in [3.63, 3.8) is 0 Å². The summed E-state index contributed by atoms with van der Waals surface area (Å²) in [6, 6.07) is 2.23. The molecule has 0 radical (unpaired) electrons. The van der Waals surface area contributed by atoms with Crippen LogP contribution in [-0.2, 0) is 0 Å². The third-order valence-electron chi connectivity index (χ3n) is 2.58. The lowest BCUT2D eigenvalue weighted by molar-refractivity contribution is 1.01. The number of nitrogens with zero attached hydrogens (tertiary/aromatic N) is 3. The second-order valence-corrected chi connectivity index (χ2v) is 6.46. The SMILES string of the molecule is Cc1nc(SC(C)C#N)c2c(C)c(C)sc2n1. The summed E-state index contributed by atoms with van der Waals surface area (Å²) in [5, 5.41) is 10.9. The van der Waals surface area contributed by atoms with Gasteiger partial charge in [-0.25, -0.2) is 9.97 Å². The molecule has 0 saturated heterocycles. The van der Waals surface area contributed by atoms with Crippen LogP contribution in [0.2, 0.25) is 0 Å². The van der Waals surface area contributed by atoms with Gasteiger partial charge in [-0.05, 0) is 33.3 Å². The number of aromatic nitrogens is 2. The van der Waals surface area contributed by atoms with Crippen LogP contribution in [0.4, 0.5) is 0 Å². The van der Waals surface area contributed by atoms with E-state index < -0.39 is 0 Å². The van der Waals surface area contributed by atoms with E-state index in [2.05, 4.69) is 29.9 Å². The van der Waals surface area contributed by atoms with Crippen molar-refractivity contribution in [3.8, 4) is 6.07 Å². The van der Waals surface area contributed by atoms with Crippen molar-refractivity contribution < 1.29 is 0 Å². The lowest BCUT2D eigenvalue weighted by Crippen LogP contribution is -1.96. The van der Waals surface area contributed by atoms with E-state index in [4.69, 9.17) is 5.26 Å². The first-order valence-electron chi connectivity index (χ1n) is 5.33. The van der Waals surface area contributed by atoms with Crippen molar-refractivity contribution in [2.45, 2.75) is 38.0 Å². The van der Waals surface area contributed by atoms with Crippen molar-refractivity contribution in [1.29, 1.82) is 5.26 Å². The molecule has 0 amide bonds. The number of aryl methyl sites for hydroxylation is 3. The maximum Gasteiger partial charge on any atom is 0.128 e. The van der Waals surface area contributed by atoms with Gasteiger partial charge in [0.15, 0.2) is 0 Å². The van der Waals surface area contributed by atoms with Gasteiger partial charge in [-0.1, -0.05) is 11.8 Å². The molecule has 1 unspecified atom stereocenters. The minimum Gasteiger partial charge on any atom is -0.226 e. The van der Waals surface area contributed by atoms with Gasteiger partial charge in [0.25, 0.3) is 0 Å². The predicted molar refractivity (Wildman–Crippen MR) is 72.6 cm³/mol. The van der Waals surface area contributed by atoms with E-state index in [1.807, 2.05) is 13.8 Å². The van der Waals surface area contributed by atoms with E-state index in [0.29, 0.717) is 0 Å². The Morgan fingerprint density at radius 2 is 2.00 bits per heavy atom. The lowest BCUT2D eigenvalue weighted by atomic mass is 10.2. The fourth-order valence-electron chi connectivity index (χ4n) is 1.59. The van der Waals surface area contributed by atoms with Crippen molar-refractivity contribution in [2.75, 3.05) is 0 Å². The van der Waals surface area contributed by atoms with Crippen LogP contribution in [0.5, 0.6) is 0 Å². The summed E-state index contributed by atoms with van der Waals surface area (Å²) in [7, 11) is 0. The minimum atomic E-state index is -0.0906. The molecule has 2 heterocycles. The molecule has 0 saturated carbocycles. The van der Waals surface area contributed by atoms with E-state index in [0.717, 1.165) is 21.1 Å². The molecule has 3 nitrogen and oxygen atoms in total. The number of thiophene rings is 1. The average Bonchev–Trinajstić information content (AvgIpc) is 2.54. The first-order valence-corrected chi connectivity index (χ1v) is 7.03. The Morgan fingerprint density at radius 3 is 2.65 bits per heavy atom. The predicted octanol–water partition coefficient (Wildman–Crippen LogP) is 3.62. The highest BCUT2D eigenvalue weighted by Gasteiger charge is 2.15. The van der Waals surface area contributed by atoms with Crippen molar-refractivity contribution in [2.24, 2.45) is 0 Å². The molecule has 0 aliphatic rings. The topological polar surface area (TPSA) is 49.6 Å². The van der Waals surface area contributed by atoms with Gasteiger partial charge in [0.05, 0.1) is 11.3 Å². The van der Waals surface area contributed by atoms with Crippen molar-refractivity contribution in [3.05, 3.63) is 16.3 Å². The van der Waals surface area contributed by atoms with Crippen LogP contribution in [0.1, 0.15) is 23.2 Å². The van der Waals surface area contributed by atoms with Crippen LogP contribution in [0.15, 0.2) is 5.03 Å². The van der Waals surface area contributed by atoms with Crippen molar-refractivity contribution >= 4 is 33.3 Å². The highest BCUT2D eigenvalue weighted by molar-refractivity contribution is 8.00. The zero-order valence-corrected chi connectivity index (χ0v) is 11.9. The lowest BCUT2D eigenvalue weighted by Gasteiger charge is -2.05. The van der Waals surface area contributed by atoms with E-state index in [1.165, 1.54) is 22.2 Å². The van der Waals surface area contributed by atoms with Gasteiger partial charge in [-0.2, -0.15) is 5.26 Å². The Balaban J connectivity index is 2.64. The molecule has 0 aliphatic carbocycles. The second kappa shape index (κ2) is 4.63. The highest BCUT2D eigenvalue weighted by atomic mass is 32.2. The first kappa shape index (κ1) is 12.3. The van der Waals surface area contributed by atoms with E-state index in [9.17, 15) is 0 Å². The van der Waals surface area contributed by atoms with Gasteiger partial charge in [-0.3, -0.25) is 0 Å². The molecule has 0 N–H and O–H groups in total. The molecule has 0 bridgehead atoms. The Bertz CT molecular complexity index is 610. The Morgan fingerprint density at radius 1 is 1.29 bits per heavy atom. The summed E-state index contributed by atoms with van der Waals surface area (Å²) in [6.45, 7) is 7.97. The Hall–Kier alpha value is -1.12. The van der Waals surface area contributed by atoms with Gasteiger partial charge in [-0.15, -0.1) is 11.3 Å². The average molecular weight is 263 g/mol. The van der Waals surface area contributed by atoms with Crippen LogP contribution in [-0.4, -0.2) is 15.2 Å². The van der Waals surface area contributed by atoms with E-state index >= 15 is 0 Å². The number of thioether (sulfide) groups is 1. The molecule has 2 aromatic heterocycles. The molecule has 2 rings (SSSR count). The monoisotopic (exact) mass is 263 g/mol. The molecule has 0 aliphatic heterocycles. The maximum absolute atomic E-state index is 8.90. The third kappa shape index (κ3) is 2.28. The van der Waals surface area contributed by atoms with Gasteiger partial charge in [0.1, 0.15) is 15.7 Å². The van der Waals surface area contributed by atoms with E-state index in [1.54, 1.807) is 11.3 Å². The summed E-state index contributed by atoms with van der Waals surface area (Å²) in [5.74, 6) is 0.770. The minimum absolute atomic E-state index is 0.0906. The molecule has 2 aromatic rings. The molecular weight excluding hydrogens is 250 g/mol. The molecule has 0 fully saturated rings. The summed E-state index contributed by atoms with van der Waals surface area (Å²) in [4.78, 5) is 11.2. The molecule has 1 atom stereocenters. The number of rotatable bonds is 2. The maximum atomic E-state index is 8.90. The fourth-order valence-corrected chi connectivity index (χ4v) is 3.67. The van der Waals surface area contributed by atoms with Gasteiger partial charge >= 0.3 is 0 Å². The summed E-state index contributed by atoms with van der Waals surface area (Å²) >= 11 is 3.20. The largest absolute Gasteiger partial charge is 0.226 e. The van der Waals surface area contributed by atoms with Gasteiger partial charge in [0.2, 0.25) is 0 Å². The number of fused-ring (bicyclic) bond motifs is 1. The van der Waals surface area contributed by atoms with Gasteiger partial charge < -0.3 is 0 Å². The number of hydrogen-bond acceptors (Lipinski definition) is 5. The zero-order chi connectivity index (χ0) is 12.6. The molecule has 5 heteroatoms. The molecule has 0 spiro atoms. The molecular formula is C12H13N3S2. The summed E-state index contributed by atoms with van der Waals surface area (Å²) in [5.41, 5.74) is 1.23. The van der Waals surface area contributed by atoms with Gasteiger partial charge in [0, 0.05) is 10.3 Å². The van der Waals surface area contributed by atoms with Crippen LogP contribution in [0.3, 0.4) is 0 Å². The summed E-state index contributed by atoms with van der Waals surface area (Å²) in [6.07, 6.45) is 0. The number of nitriles is 1. The van der Waals surface area contributed by atoms with Crippen molar-refractivity contribution in [1.82, 2.24) is 9.97 Å². The molecule has 17 heavy (non-hydrogen) atoms. The third-order valence-corrected chi connectivity index (χ3v) is 4.66. The van der Waals surface area contributed by atoms with Crippen LogP contribution >= 0.6 is 23.1 Å². The Labute approximate surface area is 109 Å². The normalized spacial score (nSPS) is 12.6. The smallest absolute Gasteiger partial charge is 0.128 e. The fraction of sp³-hybridized carbons (Fsp3) is 0.417. The first-order chi connectivity index (χ1) is 8.02. The van der Waals surface area contributed by atoms with Crippen LogP contribution < -0.4 is 0 Å². The van der Waals surface area contributed by atoms with Crippen LogP contribution in [0, 0.1) is 32.1 Å².